The zero-order valence-electron chi connectivity index (χ0n) is 18.0. The lowest BCUT2D eigenvalue weighted by Crippen LogP contribution is -2.48. The monoisotopic (exact) mass is 433 g/mol. The molecule has 0 bridgehead atoms. The quantitative estimate of drug-likeness (QED) is 0.551. The van der Waals surface area contributed by atoms with Gasteiger partial charge in [0.1, 0.15) is 11.8 Å². The second-order valence-corrected chi connectivity index (χ2v) is 8.92. The van der Waals surface area contributed by atoms with E-state index in [4.69, 9.17) is 4.74 Å². The molecule has 8 heteroatoms. The third-order valence-corrected chi connectivity index (χ3v) is 5.90. The first-order valence-corrected chi connectivity index (χ1v) is 11.8. The third-order valence-electron chi connectivity index (χ3n) is 4.66. The van der Waals surface area contributed by atoms with Gasteiger partial charge in [-0.1, -0.05) is 18.2 Å². The summed E-state index contributed by atoms with van der Waals surface area (Å²) in [4.78, 5) is 14.7. The van der Waals surface area contributed by atoms with Crippen LogP contribution >= 0.6 is 0 Å². The molecule has 0 aliphatic heterocycles. The Morgan fingerprint density at radius 3 is 2.27 bits per heavy atom. The summed E-state index contributed by atoms with van der Waals surface area (Å²) < 4.78 is 31.3. The SMILES string of the molecule is CCOc1ccc(N([C@@H](C)C(=O)NCCCN(C)c2ccccc2)S(C)(=O)=O)cc1. The van der Waals surface area contributed by atoms with Gasteiger partial charge in [0.2, 0.25) is 15.9 Å². The number of sulfonamides is 1. The van der Waals surface area contributed by atoms with Gasteiger partial charge in [-0.25, -0.2) is 8.42 Å². The van der Waals surface area contributed by atoms with Crippen molar-refractivity contribution in [2.45, 2.75) is 26.3 Å². The molecule has 0 fully saturated rings. The molecule has 0 aromatic heterocycles. The zero-order chi connectivity index (χ0) is 22.1. The number of benzene rings is 2. The van der Waals surface area contributed by atoms with E-state index in [1.54, 1.807) is 31.2 Å². The summed E-state index contributed by atoms with van der Waals surface area (Å²) in [6.07, 6.45) is 1.84. The lowest BCUT2D eigenvalue weighted by molar-refractivity contribution is -0.121. The molecule has 0 radical (unpaired) electrons. The predicted molar refractivity (Wildman–Crippen MR) is 122 cm³/mol. The summed E-state index contributed by atoms with van der Waals surface area (Å²) in [6.45, 7) is 5.21. The van der Waals surface area contributed by atoms with E-state index in [0.717, 1.165) is 29.2 Å². The molecule has 0 unspecified atom stereocenters. The molecule has 0 aliphatic rings. The van der Waals surface area contributed by atoms with Crippen LogP contribution in [-0.2, 0) is 14.8 Å². The molecule has 2 rings (SSSR count). The minimum Gasteiger partial charge on any atom is -0.494 e. The van der Waals surface area contributed by atoms with Crippen LogP contribution in [0.15, 0.2) is 54.6 Å². The number of ether oxygens (including phenoxy) is 1. The lowest BCUT2D eigenvalue weighted by atomic mass is 10.2. The summed E-state index contributed by atoms with van der Waals surface area (Å²) in [5.41, 5.74) is 1.53. The summed E-state index contributed by atoms with van der Waals surface area (Å²) in [6, 6.07) is 15.8. The maximum absolute atomic E-state index is 12.6. The molecule has 164 valence electrons. The maximum Gasteiger partial charge on any atom is 0.243 e. The van der Waals surface area contributed by atoms with Gasteiger partial charge >= 0.3 is 0 Å². The van der Waals surface area contributed by atoms with E-state index in [0.29, 0.717) is 24.6 Å². The van der Waals surface area contributed by atoms with Crippen molar-refractivity contribution in [3.05, 3.63) is 54.6 Å². The van der Waals surface area contributed by atoms with Crippen molar-refractivity contribution in [1.29, 1.82) is 0 Å². The van der Waals surface area contributed by atoms with Crippen molar-refractivity contribution in [2.24, 2.45) is 0 Å². The topological polar surface area (TPSA) is 79.0 Å². The molecule has 0 saturated heterocycles. The van der Waals surface area contributed by atoms with Crippen LogP contribution < -0.4 is 19.3 Å². The van der Waals surface area contributed by atoms with Crippen molar-refractivity contribution in [1.82, 2.24) is 5.32 Å². The molecule has 2 aromatic carbocycles. The molecule has 1 atom stereocenters. The molecule has 0 spiro atoms. The molecule has 7 nitrogen and oxygen atoms in total. The fraction of sp³-hybridized carbons (Fsp3) is 0.409. The highest BCUT2D eigenvalue weighted by Gasteiger charge is 2.28. The third kappa shape index (κ3) is 6.66. The number of hydrogen-bond acceptors (Lipinski definition) is 5. The first-order chi connectivity index (χ1) is 14.2. The minimum atomic E-state index is -3.64. The van der Waals surface area contributed by atoms with Gasteiger partial charge in [-0.3, -0.25) is 9.10 Å². The van der Waals surface area contributed by atoms with Crippen molar-refractivity contribution in [3.63, 3.8) is 0 Å². The molecular weight excluding hydrogens is 402 g/mol. The van der Waals surface area contributed by atoms with Crippen molar-refractivity contribution in [2.75, 3.05) is 42.2 Å². The smallest absolute Gasteiger partial charge is 0.243 e. The van der Waals surface area contributed by atoms with Gasteiger partial charge in [-0.15, -0.1) is 0 Å². The van der Waals surface area contributed by atoms with Gasteiger partial charge in [0.05, 0.1) is 18.6 Å². The summed E-state index contributed by atoms with van der Waals surface area (Å²) in [7, 11) is -1.65. The molecule has 1 N–H and O–H groups in total. The van der Waals surface area contributed by atoms with E-state index in [9.17, 15) is 13.2 Å². The fourth-order valence-electron chi connectivity index (χ4n) is 3.15. The van der Waals surface area contributed by atoms with Gasteiger partial charge in [-0.2, -0.15) is 0 Å². The fourth-order valence-corrected chi connectivity index (χ4v) is 4.33. The van der Waals surface area contributed by atoms with Crippen LogP contribution in [0.3, 0.4) is 0 Å². The Kier molecular flexibility index (Phi) is 8.53. The molecule has 0 aliphatic carbocycles. The van der Waals surface area contributed by atoms with Crippen molar-refractivity contribution in [3.8, 4) is 5.75 Å². The van der Waals surface area contributed by atoms with E-state index < -0.39 is 16.1 Å². The number of rotatable bonds is 11. The first-order valence-electron chi connectivity index (χ1n) is 10.00. The maximum atomic E-state index is 12.6. The molecule has 1 amide bonds. The highest BCUT2D eigenvalue weighted by molar-refractivity contribution is 7.92. The number of nitrogens with zero attached hydrogens (tertiary/aromatic N) is 2. The number of carbonyl (C=O) groups excluding carboxylic acids is 1. The predicted octanol–water partition coefficient (Wildman–Crippen LogP) is 2.88. The Morgan fingerprint density at radius 1 is 1.07 bits per heavy atom. The van der Waals surface area contributed by atoms with Crippen LogP contribution in [0, 0.1) is 0 Å². The normalized spacial score (nSPS) is 12.1. The second-order valence-electron chi connectivity index (χ2n) is 7.06. The Labute approximate surface area is 179 Å². The van der Waals surface area contributed by atoms with Gasteiger partial charge in [0.25, 0.3) is 0 Å². The van der Waals surface area contributed by atoms with Crippen molar-refractivity contribution >= 4 is 27.3 Å². The Hall–Kier alpha value is -2.74. The van der Waals surface area contributed by atoms with Crippen LogP contribution in [0.5, 0.6) is 5.75 Å². The average Bonchev–Trinajstić information content (AvgIpc) is 2.72. The number of para-hydroxylation sites is 1. The molecule has 0 saturated carbocycles. The van der Waals surface area contributed by atoms with Gasteiger partial charge in [-0.05, 0) is 56.7 Å². The van der Waals surface area contributed by atoms with E-state index in [2.05, 4.69) is 10.2 Å². The first kappa shape index (κ1) is 23.5. The number of hydrogen-bond donors (Lipinski definition) is 1. The molecule has 2 aromatic rings. The largest absolute Gasteiger partial charge is 0.494 e. The number of amides is 1. The van der Waals surface area contributed by atoms with Crippen LogP contribution in [0.4, 0.5) is 11.4 Å². The highest BCUT2D eigenvalue weighted by Crippen LogP contribution is 2.24. The highest BCUT2D eigenvalue weighted by atomic mass is 32.2. The Bertz CT molecular complexity index is 902. The van der Waals surface area contributed by atoms with E-state index in [1.165, 1.54) is 0 Å². The number of nitrogens with one attached hydrogen (secondary N) is 1. The van der Waals surface area contributed by atoms with Gasteiger partial charge < -0.3 is 15.0 Å². The van der Waals surface area contributed by atoms with Crippen LogP contribution in [0.1, 0.15) is 20.3 Å². The van der Waals surface area contributed by atoms with E-state index in [1.807, 2.05) is 44.3 Å². The van der Waals surface area contributed by atoms with Gasteiger partial charge in [0.15, 0.2) is 0 Å². The second kappa shape index (κ2) is 10.9. The lowest BCUT2D eigenvalue weighted by Gasteiger charge is -2.28. The Morgan fingerprint density at radius 2 is 1.70 bits per heavy atom. The van der Waals surface area contributed by atoms with Gasteiger partial charge in [0, 0.05) is 25.8 Å². The standard InChI is InChI=1S/C22H31N3O4S/c1-5-29-21-14-12-20(13-15-21)25(30(4,27)28)18(2)22(26)23-16-9-17-24(3)19-10-7-6-8-11-19/h6-8,10-15,18H,5,9,16-17H2,1-4H3,(H,23,26)/t18-/m0/s1. The molecular formula is C22H31N3O4S. The average molecular weight is 434 g/mol. The van der Waals surface area contributed by atoms with Crippen molar-refractivity contribution < 1.29 is 17.9 Å². The molecule has 0 heterocycles. The van der Waals surface area contributed by atoms with Crippen LogP contribution in [0.2, 0.25) is 0 Å². The number of anilines is 2. The van der Waals surface area contributed by atoms with E-state index in [-0.39, 0.29) is 5.91 Å². The number of carbonyl (C=O) groups is 1. The summed E-state index contributed by atoms with van der Waals surface area (Å²) >= 11 is 0. The zero-order valence-corrected chi connectivity index (χ0v) is 18.9. The Balaban J connectivity index is 1.95. The summed E-state index contributed by atoms with van der Waals surface area (Å²) in [5, 5.41) is 2.85. The van der Waals surface area contributed by atoms with Crippen LogP contribution in [0.25, 0.3) is 0 Å². The minimum absolute atomic E-state index is 0.336. The van der Waals surface area contributed by atoms with Crippen LogP contribution in [-0.4, -0.2) is 53.4 Å². The summed E-state index contributed by atoms with van der Waals surface area (Å²) in [5.74, 6) is 0.311. The van der Waals surface area contributed by atoms with E-state index >= 15 is 0 Å². The molecule has 30 heavy (non-hydrogen) atoms.